The van der Waals surface area contributed by atoms with E-state index < -0.39 is 0 Å². The van der Waals surface area contributed by atoms with E-state index in [4.69, 9.17) is 4.98 Å². The second-order valence-corrected chi connectivity index (χ2v) is 11.3. The zero-order valence-electron chi connectivity index (χ0n) is 24.8. The molecule has 3 heterocycles. The second-order valence-electron chi connectivity index (χ2n) is 11.3. The van der Waals surface area contributed by atoms with Gasteiger partial charge in [-0.1, -0.05) is 72.8 Å². The van der Waals surface area contributed by atoms with Gasteiger partial charge in [0.05, 0.1) is 34.4 Å². The standard InChI is InChI=1S/C42H26N4/c43-27-28-6-5-7-31(20-28)32-14-10-29-11-15-33(22-36(29)21-32)34-16-12-30-13-17-35(24-37(30)23-34)38-25-41(39-8-1-3-18-44-39)46-42(26-38)40-9-2-4-19-45-40/h1-26H. The molecule has 0 radical (unpaired) electrons. The van der Waals surface area contributed by atoms with Crippen LogP contribution in [0.2, 0.25) is 0 Å². The molecular formula is C42H26N4. The van der Waals surface area contributed by atoms with Crippen molar-refractivity contribution in [1.29, 1.82) is 5.26 Å². The second kappa shape index (κ2) is 11.6. The Balaban J connectivity index is 1.20. The van der Waals surface area contributed by atoms with Crippen LogP contribution < -0.4 is 0 Å². The fraction of sp³-hybridized carbons (Fsp3) is 0. The Kier molecular flexibility index (Phi) is 6.83. The van der Waals surface area contributed by atoms with Gasteiger partial charge in [-0.2, -0.15) is 5.26 Å². The molecule has 4 nitrogen and oxygen atoms in total. The first kappa shape index (κ1) is 27.1. The van der Waals surface area contributed by atoms with Crippen molar-refractivity contribution in [2.75, 3.05) is 0 Å². The van der Waals surface area contributed by atoms with Crippen LogP contribution >= 0.6 is 0 Å². The molecule has 3 aromatic heterocycles. The summed E-state index contributed by atoms with van der Waals surface area (Å²) in [7, 11) is 0. The third-order valence-electron chi connectivity index (χ3n) is 8.35. The largest absolute Gasteiger partial charge is 0.255 e. The average molecular weight is 587 g/mol. The minimum Gasteiger partial charge on any atom is -0.255 e. The summed E-state index contributed by atoms with van der Waals surface area (Å²) in [6.45, 7) is 0. The molecule has 4 heteroatoms. The van der Waals surface area contributed by atoms with Gasteiger partial charge in [-0.05, 0) is 128 Å². The molecule has 8 aromatic rings. The Labute approximate surface area is 266 Å². The summed E-state index contributed by atoms with van der Waals surface area (Å²) < 4.78 is 0. The molecule has 214 valence electrons. The maximum atomic E-state index is 9.36. The van der Waals surface area contributed by atoms with Crippen LogP contribution in [-0.4, -0.2) is 15.0 Å². The van der Waals surface area contributed by atoms with Gasteiger partial charge in [0.15, 0.2) is 0 Å². The third-order valence-corrected chi connectivity index (χ3v) is 8.35. The van der Waals surface area contributed by atoms with Crippen LogP contribution in [0, 0.1) is 11.3 Å². The summed E-state index contributed by atoms with van der Waals surface area (Å²) in [5, 5.41) is 14.0. The summed E-state index contributed by atoms with van der Waals surface area (Å²) >= 11 is 0. The van der Waals surface area contributed by atoms with Gasteiger partial charge in [0.2, 0.25) is 0 Å². The first-order chi connectivity index (χ1) is 22.7. The number of nitrogens with zero attached hydrogens (tertiary/aromatic N) is 4. The van der Waals surface area contributed by atoms with Gasteiger partial charge in [0.25, 0.3) is 0 Å². The van der Waals surface area contributed by atoms with Crippen LogP contribution in [0.25, 0.3) is 77.7 Å². The Bertz CT molecular complexity index is 2370. The highest BCUT2D eigenvalue weighted by molar-refractivity contribution is 5.95. The van der Waals surface area contributed by atoms with E-state index in [1.165, 1.54) is 10.8 Å². The third kappa shape index (κ3) is 5.27. The molecule has 0 spiro atoms. The van der Waals surface area contributed by atoms with E-state index in [1.807, 2.05) is 60.7 Å². The van der Waals surface area contributed by atoms with Gasteiger partial charge in [-0.15, -0.1) is 0 Å². The molecule has 0 aliphatic carbocycles. The molecule has 5 aromatic carbocycles. The molecule has 0 saturated heterocycles. The van der Waals surface area contributed by atoms with Crippen LogP contribution in [0.15, 0.2) is 158 Å². The highest BCUT2D eigenvalue weighted by Crippen LogP contribution is 2.34. The number of aromatic nitrogens is 3. The van der Waals surface area contributed by atoms with Gasteiger partial charge in [-0.3, -0.25) is 9.97 Å². The van der Waals surface area contributed by atoms with Crippen molar-refractivity contribution >= 4 is 21.5 Å². The smallest absolute Gasteiger partial charge is 0.0991 e. The maximum absolute atomic E-state index is 9.36. The van der Waals surface area contributed by atoms with Crippen LogP contribution in [0.4, 0.5) is 0 Å². The zero-order chi connectivity index (χ0) is 30.9. The van der Waals surface area contributed by atoms with E-state index in [9.17, 15) is 5.26 Å². The van der Waals surface area contributed by atoms with Crippen LogP contribution in [0.5, 0.6) is 0 Å². The van der Waals surface area contributed by atoms with Gasteiger partial charge < -0.3 is 0 Å². The van der Waals surface area contributed by atoms with Crippen LogP contribution in [0.1, 0.15) is 5.56 Å². The molecule has 0 aliphatic heterocycles. The summed E-state index contributed by atoms with van der Waals surface area (Å²) in [6.07, 6.45) is 3.59. The molecule has 0 amide bonds. The Morgan fingerprint density at radius 3 is 1.30 bits per heavy atom. The van der Waals surface area contributed by atoms with Crippen molar-refractivity contribution in [3.63, 3.8) is 0 Å². The first-order valence-corrected chi connectivity index (χ1v) is 15.1. The van der Waals surface area contributed by atoms with Gasteiger partial charge >= 0.3 is 0 Å². The Morgan fingerprint density at radius 2 is 0.848 bits per heavy atom. The normalized spacial score (nSPS) is 11.0. The number of pyridine rings is 3. The summed E-state index contributed by atoms with van der Waals surface area (Å²) in [4.78, 5) is 14.1. The SMILES string of the molecule is N#Cc1cccc(-c2ccc3ccc(-c4ccc5ccc(-c6cc(-c7ccccn7)nc(-c7ccccn7)c6)cc5c4)cc3c2)c1. The molecule has 8 rings (SSSR count). The summed E-state index contributed by atoms with van der Waals surface area (Å²) in [5.41, 5.74) is 10.5. The molecule has 46 heavy (non-hydrogen) atoms. The van der Waals surface area contributed by atoms with Crippen LogP contribution in [0.3, 0.4) is 0 Å². The fourth-order valence-electron chi connectivity index (χ4n) is 5.97. The molecule has 0 unspecified atom stereocenters. The zero-order valence-corrected chi connectivity index (χ0v) is 24.8. The minimum absolute atomic E-state index is 0.662. The lowest BCUT2D eigenvalue weighted by Gasteiger charge is -2.11. The molecule has 0 fully saturated rings. The monoisotopic (exact) mass is 586 g/mol. The molecule has 0 saturated carbocycles. The number of hydrogen-bond donors (Lipinski definition) is 0. The molecular weight excluding hydrogens is 560 g/mol. The lowest BCUT2D eigenvalue weighted by atomic mass is 9.95. The number of rotatable bonds is 5. The highest BCUT2D eigenvalue weighted by atomic mass is 14.8. The van der Waals surface area contributed by atoms with E-state index in [0.29, 0.717) is 5.56 Å². The lowest BCUT2D eigenvalue weighted by molar-refractivity contribution is 1.22. The quantitative estimate of drug-likeness (QED) is 0.201. The molecule has 0 bridgehead atoms. The molecule has 0 atom stereocenters. The number of nitriles is 1. The van der Waals surface area contributed by atoms with Crippen molar-refractivity contribution in [2.24, 2.45) is 0 Å². The first-order valence-electron chi connectivity index (χ1n) is 15.1. The van der Waals surface area contributed by atoms with E-state index in [-0.39, 0.29) is 0 Å². The summed E-state index contributed by atoms with van der Waals surface area (Å²) in [5.74, 6) is 0. The van der Waals surface area contributed by atoms with E-state index >= 15 is 0 Å². The fourth-order valence-corrected chi connectivity index (χ4v) is 5.97. The molecule has 0 N–H and O–H groups in total. The van der Waals surface area contributed by atoms with Crippen molar-refractivity contribution in [1.82, 2.24) is 15.0 Å². The van der Waals surface area contributed by atoms with E-state index in [1.54, 1.807) is 12.4 Å². The van der Waals surface area contributed by atoms with E-state index in [0.717, 1.165) is 66.9 Å². The topological polar surface area (TPSA) is 62.5 Å². The van der Waals surface area contributed by atoms with E-state index in [2.05, 4.69) is 101 Å². The summed E-state index contributed by atoms with van der Waals surface area (Å²) in [6, 6.07) is 52.3. The number of fused-ring (bicyclic) bond motifs is 2. The number of benzene rings is 5. The van der Waals surface area contributed by atoms with Crippen molar-refractivity contribution in [3.8, 4) is 62.2 Å². The Hall–Kier alpha value is -6.44. The highest BCUT2D eigenvalue weighted by Gasteiger charge is 2.12. The average Bonchev–Trinajstić information content (AvgIpc) is 3.14. The van der Waals surface area contributed by atoms with Crippen molar-refractivity contribution < 1.29 is 0 Å². The van der Waals surface area contributed by atoms with Crippen molar-refractivity contribution in [2.45, 2.75) is 0 Å². The predicted octanol–water partition coefficient (Wildman–Crippen LogP) is 10.4. The maximum Gasteiger partial charge on any atom is 0.0991 e. The van der Waals surface area contributed by atoms with Crippen molar-refractivity contribution in [3.05, 3.63) is 164 Å². The lowest BCUT2D eigenvalue weighted by Crippen LogP contribution is -1.94. The molecule has 0 aliphatic rings. The van der Waals surface area contributed by atoms with Gasteiger partial charge in [0, 0.05) is 12.4 Å². The number of hydrogen-bond acceptors (Lipinski definition) is 4. The minimum atomic E-state index is 0.662. The predicted molar refractivity (Wildman–Crippen MR) is 187 cm³/mol. The van der Waals surface area contributed by atoms with Gasteiger partial charge in [-0.25, -0.2) is 4.98 Å². The van der Waals surface area contributed by atoms with Crippen LogP contribution in [-0.2, 0) is 0 Å². The Morgan fingerprint density at radius 1 is 0.370 bits per heavy atom. The van der Waals surface area contributed by atoms with Gasteiger partial charge in [0.1, 0.15) is 0 Å².